The molecule has 120 valence electrons. The Kier molecular flexibility index (Phi) is 3.57. The third-order valence-electron chi connectivity index (χ3n) is 4.06. The maximum absolute atomic E-state index is 13.5. The second kappa shape index (κ2) is 5.88. The molecule has 0 aliphatic carbocycles. The van der Waals surface area contributed by atoms with E-state index in [0.717, 1.165) is 35.0 Å². The van der Waals surface area contributed by atoms with Crippen LogP contribution in [0.5, 0.6) is 0 Å². The molecule has 0 radical (unpaired) electrons. The minimum absolute atomic E-state index is 0.249. The van der Waals surface area contributed by atoms with Crippen molar-refractivity contribution in [3.8, 4) is 11.1 Å². The van der Waals surface area contributed by atoms with Gasteiger partial charge in [-0.2, -0.15) is 0 Å². The van der Waals surface area contributed by atoms with E-state index in [2.05, 4.69) is 30.8 Å². The van der Waals surface area contributed by atoms with Crippen molar-refractivity contribution in [2.45, 2.75) is 6.54 Å². The summed E-state index contributed by atoms with van der Waals surface area (Å²) in [6.07, 6.45) is 6.91. The van der Waals surface area contributed by atoms with Crippen LogP contribution in [-0.4, -0.2) is 28.7 Å². The number of hydrogen-bond acceptors (Lipinski definition) is 5. The van der Waals surface area contributed by atoms with E-state index in [1.807, 2.05) is 13.1 Å². The Hall–Kier alpha value is -3.02. The van der Waals surface area contributed by atoms with Crippen molar-refractivity contribution < 1.29 is 4.39 Å². The zero-order chi connectivity index (χ0) is 16.5. The van der Waals surface area contributed by atoms with E-state index in [1.54, 1.807) is 30.9 Å². The average molecular weight is 321 g/mol. The van der Waals surface area contributed by atoms with E-state index in [9.17, 15) is 4.39 Å². The molecule has 0 unspecified atom stereocenters. The fourth-order valence-electron chi connectivity index (χ4n) is 2.94. The van der Waals surface area contributed by atoms with Gasteiger partial charge in [0.05, 0.1) is 30.8 Å². The summed E-state index contributed by atoms with van der Waals surface area (Å²) < 4.78 is 13.5. The summed E-state index contributed by atoms with van der Waals surface area (Å²) in [5, 5.41) is 0. The first-order valence-corrected chi connectivity index (χ1v) is 7.68. The standard InChI is InChI=1S/C18H16FN5/c1-23-12-24(11-16-10-20-5-6-21-16)17-8-14(9-22-18(17)23)13-3-2-4-15(19)7-13/h2-10H,11-12H2,1H3. The summed E-state index contributed by atoms with van der Waals surface area (Å²) >= 11 is 0. The SMILES string of the molecule is CN1CN(Cc2cnccn2)c2cc(-c3cccc(F)c3)cnc21. The van der Waals surface area contributed by atoms with Crippen LogP contribution in [-0.2, 0) is 6.54 Å². The van der Waals surface area contributed by atoms with E-state index >= 15 is 0 Å². The third kappa shape index (κ3) is 2.67. The smallest absolute Gasteiger partial charge is 0.153 e. The molecule has 1 aliphatic heterocycles. The third-order valence-corrected chi connectivity index (χ3v) is 4.06. The highest BCUT2D eigenvalue weighted by Gasteiger charge is 2.25. The number of benzene rings is 1. The van der Waals surface area contributed by atoms with Gasteiger partial charge in [-0.15, -0.1) is 0 Å². The molecule has 6 heteroatoms. The number of hydrogen-bond donors (Lipinski definition) is 0. The average Bonchev–Trinajstić information content (AvgIpc) is 2.91. The maximum Gasteiger partial charge on any atom is 0.153 e. The second-order valence-corrected chi connectivity index (χ2v) is 5.81. The van der Waals surface area contributed by atoms with Crippen molar-refractivity contribution in [1.29, 1.82) is 0 Å². The summed E-state index contributed by atoms with van der Waals surface area (Å²) in [7, 11) is 2.00. The Labute approximate surface area is 139 Å². The van der Waals surface area contributed by atoms with Crippen molar-refractivity contribution in [2.75, 3.05) is 23.5 Å². The number of fused-ring (bicyclic) bond motifs is 1. The lowest BCUT2D eigenvalue weighted by Gasteiger charge is -2.18. The monoisotopic (exact) mass is 321 g/mol. The van der Waals surface area contributed by atoms with Crippen LogP contribution in [0, 0.1) is 5.82 Å². The van der Waals surface area contributed by atoms with Gasteiger partial charge in [0.25, 0.3) is 0 Å². The Morgan fingerprint density at radius 3 is 2.79 bits per heavy atom. The highest BCUT2D eigenvalue weighted by molar-refractivity contribution is 5.78. The molecule has 24 heavy (non-hydrogen) atoms. The van der Waals surface area contributed by atoms with Crippen LogP contribution >= 0.6 is 0 Å². The minimum atomic E-state index is -0.249. The first kappa shape index (κ1) is 14.6. The molecule has 0 atom stereocenters. The van der Waals surface area contributed by atoms with E-state index in [-0.39, 0.29) is 5.82 Å². The van der Waals surface area contributed by atoms with Crippen LogP contribution in [0.4, 0.5) is 15.9 Å². The lowest BCUT2D eigenvalue weighted by molar-refractivity contribution is 0.628. The molecule has 0 N–H and O–H groups in total. The van der Waals surface area contributed by atoms with Gasteiger partial charge in [-0.25, -0.2) is 9.37 Å². The normalized spacial score (nSPS) is 13.2. The number of rotatable bonds is 3. The maximum atomic E-state index is 13.5. The van der Waals surface area contributed by atoms with Gasteiger partial charge >= 0.3 is 0 Å². The van der Waals surface area contributed by atoms with Crippen molar-refractivity contribution in [3.63, 3.8) is 0 Å². The van der Waals surface area contributed by atoms with E-state index in [0.29, 0.717) is 6.54 Å². The molecular formula is C18H16FN5. The van der Waals surface area contributed by atoms with Gasteiger partial charge in [-0.05, 0) is 23.8 Å². The minimum Gasteiger partial charge on any atom is -0.345 e. The summed E-state index contributed by atoms with van der Waals surface area (Å²) in [4.78, 5) is 17.3. The molecule has 0 saturated carbocycles. The van der Waals surface area contributed by atoms with Crippen LogP contribution in [0.3, 0.4) is 0 Å². The van der Waals surface area contributed by atoms with Crippen LogP contribution < -0.4 is 9.80 Å². The van der Waals surface area contributed by atoms with Crippen LogP contribution in [0.1, 0.15) is 5.69 Å². The molecule has 3 heterocycles. The Balaban J connectivity index is 1.70. The largest absolute Gasteiger partial charge is 0.345 e. The van der Waals surface area contributed by atoms with E-state index in [1.165, 1.54) is 12.1 Å². The molecule has 4 rings (SSSR count). The number of pyridine rings is 1. The molecule has 0 bridgehead atoms. The van der Waals surface area contributed by atoms with Crippen molar-refractivity contribution >= 4 is 11.5 Å². The number of aromatic nitrogens is 3. The Bertz CT molecular complexity index is 868. The molecule has 0 saturated heterocycles. The predicted molar refractivity (Wildman–Crippen MR) is 91.1 cm³/mol. The van der Waals surface area contributed by atoms with Gasteiger partial charge in [-0.1, -0.05) is 12.1 Å². The molecule has 3 aromatic rings. The molecule has 0 amide bonds. The lowest BCUT2D eigenvalue weighted by Crippen LogP contribution is -2.28. The predicted octanol–water partition coefficient (Wildman–Crippen LogP) is 3.09. The summed E-state index contributed by atoms with van der Waals surface area (Å²) in [5.41, 5.74) is 3.63. The fourth-order valence-corrected chi connectivity index (χ4v) is 2.94. The van der Waals surface area contributed by atoms with E-state index in [4.69, 9.17) is 0 Å². The zero-order valence-corrected chi connectivity index (χ0v) is 13.2. The second-order valence-electron chi connectivity index (χ2n) is 5.81. The first-order valence-electron chi connectivity index (χ1n) is 7.68. The molecular weight excluding hydrogens is 305 g/mol. The number of halogens is 1. The number of anilines is 2. The molecule has 0 fully saturated rings. The zero-order valence-electron chi connectivity index (χ0n) is 13.2. The summed E-state index contributed by atoms with van der Waals surface area (Å²) in [6, 6.07) is 8.62. The molecule has 1 aromatic carbocycles. The van der Waals surface area contributed by atoms with Crippen LogP contribution in [0.25, 0.3) is 11.1 Å². The van der Waals surface area contributed by atoms with Gasteiger partial charge in [0.1, 0.15) is 5.82 Å². The van der Waals surface area contributed by atoms with Crippen LogP contribution in [0.2, 0.25) is 0 Å². The van der Waals surface area contributed by atoms with Crippen LogP contribution in [0.15, 0.2) is 55.1 Å². The van der Waals surface area contributed by atoms with E-state index < -0.39 is 0 Å². The fraction of sp³-hybridized carbons (Fsp3) is 0.167. The lowest BCUT2D eigenvalue weighted by atomic mass is 10.1. The van der Waals surface area contributed by atoms with Crippen molar-refractivity contribution in [1.82, 2.24) is 15.0 Å². The topological polar surface area (TPSA) is 45.2 Å². The highest BCUT2D eigenvalue weighted by Crippen LogP contribution is 2.36. The number of nitrogens with zero attached hydrogens (tertiary/aromatic N) is 5. The highest BCUT2D eigenvalue weighted by atomic mass is 19.1. The van der Waals surface area contributed by atoms with Crippen molar-refractivity contribution in [2.24, 2.45) is 0 Å². The van der Waals surface area contributed by atoms with Gasteiger partial charge in [0.2, 0.25) is 0 Å². The van der Waals surface area contributed by atoms with Gasteiger partial charge in [-0.3, -0.25) is 9.97 Å². The first-order chi connectivity index (χ1) is 11.7. The Morgan fingerprint density at radius 1 is 1.08 bits per heavy atom. The molecule has 0 spiro atoms. The molecule has 1 aliphatic rings. The quantitative estimate of drug-likeness (QED) is 0.742. The molecule has 2 aromatic heterocycles. The van der Waals surface area contributed by atoms with Gasteiger partial charge < -0.3 is 9.80 Å². The molecule has 5 nitrogen and oxygen atoms in total. The summed E-state index contributed by atoms with van der Waals surface area (Å²) in [6.45, 7) is 1.38. The van der Waals surface area contributed by atoms with Gasteiger partial charge in [0, 0.05) is 31.2 Å². The Morgan fingerprint density at radius 2 is 2.00 bits per heavy atom. The van der Waals surface area contributed by atoms with Gasteiger partial charge in [0.15, 0.2) is 5.82 Å². The summed E-state index contributed by atoms with van der Waals surface area (Å²) in [5.74, 6) is 0.667. The van der Waals surface area contributed by atoms with Crippen molar-refractivity contribution in [3.05, 3.63) is 66.6 Å².